The Kier molecular flexibility index (Phi) is 4.72. The number of imidazole rings is 1. The Hall–Kier alpha value is -1.40. The molecule has 1 aliphatic heterocycles. The van der Waals surface area contributed by atoms with Crippen molar-refractivity contribution in [1.82, 2.24) is 19.8 Å². The number of hydrogen-bond donors (Lipinski definition) is 1. The molecule has 6 nitrogen and oxygen atoms in total. The Morgan fingerprint density at radius 3 is 3.00 bits per heavy atom. The summed E-state index contributed by atoms with van der Waals surface area (Å²) in [5, 5.41) is 3.22. The van der Waals surface area contributed by atoms with Crippen molar-refractivity contribution >= 4 is 5.91 Å². The number of ether oxygens (including phenoxy) is 1. The minimum absolute atomic E-state index is 0.133. The average molecular weight is 252 g/mol. The first kappa shape index (κ1) is 13.0. The summed E-state index contributed by atoms with van der Waals surface area (Å²) >= 11 is 0. The largest absolute Gasteiger partial charge is 0.378 e. The van der Waals surface area contributed by atoms with E-state index in [0.29, 0.717) is 39.4 Å². The molecule has 1 amide bonds. The van der Waals surface area contributed by atoms with E-state index in [1.807, 2.05) is 22.6 Å². The van der Waals surface area contributed by atoms with Gasteiger partial charge in [-0.25, -0.2) is 4.98 Å². The van der Waals surface area contributed by atoms with E-state index in [1.165, 1.54) is 0 Å². The second-order valence-corrected chi connectivity index (χ2v) is 4.24. The highest BCUT2D eigenvalue weighted by Gasteiger charge is 2.17. The third kappa shape index (κ3) is 3.30. The zero-order chi connectivity index (χ0) is 12.8. The molecule has 0 saturated carbocycles. The number of carbonyl (C=O) groups excluding carboxylic acids is 1. The molecular formula is C12H20N4O2. The lowest BCUT2D eigenvalue weighted by atomic mass is 10.4. The number of morpholine rings is 1. The molecule has 100 valence electrons. The van der Waals surface area contributed by atoms with Gasteiger partial charge in [0.2, 0.25) is 5.91 Å². The van der Waals surface area contributed by atoms with Gasteiger partial charge >= 0.3 is 0 Å². The SMILES string of the molecule is CCNCc1nccn1CC(=O)N1CCOCC1. The van der Waals surface area contributed by atoms with E-state index in [9.17, 15) is 4.79 Å². The van der Waals surface area contributed by atoms with Crippen LogP contribution in [0.25, 0.3) is 0 Å². The lowest BCUT2D eigenvalue weighted by Crippen LogP contribution is -2.42. The van der Waals surface area contributed by atoms with E-state index < -0.39 is 0 Å². The summed E-state index contributed by atoms with van der Waals surface area (Å²) in [5.74, 6) is 1.03. The van der Waals surface area contributed by atoms with Crippen molar-refractivity contribution in [3.05, 3.63) is 18.2 Å². The van der Waals surface area contributed by atoms with Crippen LogP contribution < -0.4 is 5.32 Å². The van der Waals surface area contributed by atoms with E-state index >= 15 is 0 Å². The minimum atomic E-state index is 0.133. The lowest BCUT2D eigenvalue weighted by molar-refractivity contribution is -0.135. The molecule has 18 heavy (non-hydrogen) atoms. The zero-order valence-electron chi connectivity index (χ0n) is 10.8. The molecule has 1 fully saturated rings. The second kappa shape index (κ2) is 6.51. The maximum Gasteiger partial charge on any atom is 0.242 e. The van der Waals surface area contributed by atoms with Crippen molar-refractivity contribution in [2.24, 2.45) is 0 Å². The van der Waals surface area contributed by atoms with Gasteiger partial charge in [-0.05, 0) is 6.54 Å². The van der Waals surface area contributed by atoms with Gasteiger partial charge in [-0.3, -0.25) is 4.79 Å². The van der Waals surface area contributed by atoms with E-state index in [0.717, 1.165) is 12.4 Å². The van der Waals surface area contributed by atoms with E-state index in [1.54, 1.807) is 6.20 Å². The minimum Gasteiger partial charge on any atom is -0.378 e. The Balaban J connectivity index is 1.91. The van der Waals surface area contributed by atoms with Gasteiger partial charge in [-0.15, -0.1) is 0 Å². The van der Waals surface area contributed by atoms with Crippen LogP contribution in [0.15, 0.2) is 12.4 Å². The molecular weight excluding hydrogens is 232 g/mol. The monoisotopic (exact) mass is 252 g/mol. The van der Waals surface area contributed by atoms with Crippen molar-refractivity contribution in [3.8, 4) is 0 Å². The highest BCUT2D eigenvalue weighted by molar-refractivity contribution is 5.76. The summed E-state index contributed by atoms with van der Waals surface area (Å²) in [6.45, 7) is 6.66. The molecule has 1 aliphatic rings. The number of nitrogens with one attached hydrogen (secondary N) is 1. The van der Waals surface area contributed by atoms with Crippen LogP contribution in [0.1, 0.15) is 12.7 Å². The predicted molar refractivity (Wildman–Crippen MR) is 67.0 cm³/mol. The van der Waals surface area contributed by atoms with E-state index in [4.69, 9.17) is 4.74 Å². The summed E-state index contributed by atoms with van der Waals surface area (Å²) in [6.07, 6.45) is 3.59. The summed E-state index contributed by atoms with van der Waals surface area (Å²) in [6, 6.07) is 0. The molecule has 0 atom stereocenters. The van der Waals surface area contributed by atoms with Crippen LogP contribution in [-0.4, -0.2) is 53.2 Å². The van der Waals surface area contributed by atoms with Gasteiger partial charge < -0.3 is 19.5 Å². The highest BCUT2D eigenvalue weighted by atomic mass is 16.5. The maximum atomic E-state index is 12.1. The topological polar surface area (TPSA) is 59.4 Å². The molecule has 1 aromatic heterocycles. The van der Waals surface area contributed by atoms with Crippen LogP contribution in [0.4, 0.5) is 0 Å². The standard InChI is InChI=1S/C12H20N4O2/c1-2-13-9-11-14-3-4-16(11)10-12(17)15-5-7-18-8-6-15/h3-4,13H,2,5-10H2,1H3. The fraction of sp³-hybridized carbons (Fsp3) is 0.667. The summed E-state index contributed by atoms with van der Waals surface area (Å²) in [4.78, 5) is 18.2. The van der Waals surface area contributed by atoms with Crippen molar-refractivity contribution in [1.29, 1.82) is 0 Å². The summed E-state index contributed by atoms with van der Waals surface area (Å²) in [5.41, 5.74) is 0. The summed E-state index contributed by atoms with van der Waals surface area (Å²) in [7, 11) is 0. The number of aromatic nitrogens is 2. The molecule has 2 rings (SSSR count). The number of amides is 1. The maximum absolute atomic E-state index is 12.1. The molecule has 0 spiro atoms. The van der Waals surface area contributed by atoms with Crippen molar-refractivity contribution in [2.45, 2.75) is 20.0 Å². The van der Waals surface area contributed by atoms with Gasteiger partial charge in [0.05, 0.1) is 19.8 Å². The first-order valence-corrected chi connectivity index (χ1v) is 6.37. The smallest absolute Gasteiger partial charge is 0.242 e. The Labute approximate surface area is 107 Å². The van der Waals surface area contributed by atoms with Crippen LogP contribution in [0.5, 0.6) is 0 Å². The fourth-order valence-corrected chi connectivity index (χ4v) is 1.95. The molecule has 0 radical (unpaired) electrons. The van der Waals surface area contributed by atoms with Gasteiger partial charge in [-0.1, -0.05) is 6.92 Å². The molecule has 0 aliphatic carbocycles. The van der Waals surface area contributed by atoms with Crippen molar-refractivity contribution in [3.63, 3.8) is 0 Å². The molecule has 0 bridgehead atoms. The van der Waals surface area contributed by atoms with Crippen molar-refractivity contribution in [2.75, 3.05) is 32.8 Å². The van der Waals surface area contributed by atoms with Gasteiger partial charge in [-0.2, -0.15) is 0 Å². The van der Waals surface area contributed by atoms with Crippen molar-refractivity contribution < 1.29 is 9.53 Å². The Morgan fingerprint density at radius 2 is 2.28 bits per heavy atom. The normalized spacial score (nSPS) is 15.9. The number of hydrogen-bond acceptors (Lipinski definition) is 4. The summed E-state index contributed by atoms with van der Waals surface area (Å²) < 4.78 is 7.14. The van der Waals surface area contributed by atoms with E-state index in [2.05, 4.69) is 10.3 Å². The molecule has 6 heteroatoms. The second-order valence-electron chi connectivity index (χ2n) is 4.24. The van der Waals surface area contributed by atoms with Crippen LogP contribution in [0.3, 0.4) is 0 Å². The van der Waals surface area contributed by atoms with Crippen LogP contribution in [0, 0.1) is 0 Å². The van der Waals surface area contributed by atoms with Gasteiger partial charge in [0, 0.05) is 25.5 Å². The molecule has 2 heterocycles. The molecule has 0 aromatic carbocycles. The number of carbonyl (C=O) groups is 1. The third-order valence-electron chi connectivity index (χ3n) is 3.00. The Morgan fingerprint density at radius 1 is 1.50 bits per heavy atom. The molecule has 1 aromatic rings. The molecule has 1 N–H and O–H groups in total. The number of nitrogens with zero attached hydrogens (tertiary/aromatic N) is 3. The van der Waals surface area contributed by atoms with Crippen LogP contribution in [-0.2, 0) is 22.6 Å². The Bertz CT molecular complexity index is 385. The third-order valence-corrected chi connectivity index (χ3v) is 3.00. The van der Waals surface area contributed by atoms with E-state index in [-0.39, 0.29) is 5.91 Å². The number of rotatable bonds is 5. The fourth-order valence-electron chi connectivity index (χ4n) is 1.95. The first-order valence-electron chi connectivity index (χ1n) is 6.37. The first-order chi connectivity index (χ1) is 8.81. The van der Waals surface area contributed by atoms with Gasteiger partial charge in [0.1, 0.15) is 12.4 Å². The average Bonchev–Trinajstić information content (AvgIpc) is 2.84. The van der Waals surface area contributed by atoms with Crippen LogP contribution in [0.2, 0.25) is 0 Å². The highest BCUT2D eigenvalue weighted by Crippen LogP contribution is 2.02. The zero-order valence-corrected chi connectivity index (χ0v) is 10.8. The van der Waals surface area contributed by atoms with Gasteiger partial charge in [0.25, 0.3) is 0 Å². The molecule has 0 unspecified atom stereocenters. The van der Waals surface area contributed by atoms with Gasteiger partial charge in [0.15, 0.2) is 0 Å². The predicted octanol–water partition coefficient (Wildman–Crippen LogP) is -0.149. The molecule has 1 saturated heterocycles. The quantitative estimate of drug-likeness (QED) is 0.792. The van der Waals surface area contributed by atoms with Crippen LogP contribution >= 0.6 is 0 Å². The lowest BCUT2D eigenvalue weighted by Gasteiger charge is -2.27.